The molecule has 0 radical (unpaired) electrons. The Morgan fingerprint density at radius 2 is 1.74 bits per heavy atom. The smallest absolute Gasteiger partial charge is 0.161 e. The third kappa shape index (κ3) is 7.28. The van der Waals surface area contributed by atoms with Crippen LogP contribution in [0.5, 0.6) is 11.5 Å². The molecule has 2 aromatic carbocycles. The number of benzene rings is 2. The van der Waals surface area contributed by atoms with Crippen LogP contribution in [0.4, 0.5) is 0 Å². The molecule has 1 aliphatic rings. The normalized spacial score (nSPS) is 16.1. The van der Waals surface area contributed by atoms with Crippen molar-refractivity contribution in [1.29, 1.82) is 0 Å². The van der Waals surface area contributed by atoms with Crippen molar-refractivity contribution < 1.29 is 9.47 Å². The molecule has 2 aromatic rings. The molecule has 3 N–H and O–H groups in total. The maximum atomic E-state index is 6.39. The van der Waals surface area contributed by atoms with Crippen molar-refractivity contribution in [2.24, 2.45) is 22.6 Å². The third-order valence-corrected chi connectivity index (χ3v) is 5.75. The zero-order chi connectivity index (χ0) is 22.1. The average molecular weight is 424 g/mol. The van der Waals surface area contributed by atoms with E-state index in [1.807, 2.05) is 12.1 Å². The summed E-state index contributed by atoms with van der Waals surface area (Å²) < 4.78 is 11.6. The predicted octanol–water partition coefficient (Wildman–Crippen LogP) is 4.59. The van der Waals surface area contributed by atoms with Gasteiger partial charge < -0.3 is 20.5 Å². The summed E-state index contributed by atoms with van der Waals surface area (Å²) in [7, 11) is 0. The number of nitrogens with two attached hydrogens (primary N) is 1. The van der Waals surface area contributed by atoms with E-state index < -0.39 is 0 Å². The van der Waals surface area contributed by atoms with Crippen LogP contribution in [-0.2, 0) is 13.0 Å². The lowest BCUT2D eigenvalue weighted by atomic mass is 9.96. The number of amidine groups is 1. The fourth-order valence-corrected chi connectivity index (χ4v) is 3.68. The minimum absolute atomic E-state index is 0.197. The van der Waals surface area contributed by atoms with E-state index >= 15 is 0 Å². The Morgan fingerprint density at radius 1 is 1.00 bits per heavy atom. The molecule has 2 unspecified atom stereocenters. The molecule has 0 aromatic heterocycles. The van der Waals surface area contributed by atoms with Crippen molar-refractivity contribution in [3.8, 4) is 11.5 Å². The van der Waals surface area contributed by atoms with Gasteiger partial charge in [-0.05, 0) is 42.0 Å². The quantitative estimate of drug-likeness (QED) is 0.433. The molecule has 1 heterocycles. The van der Waals surface area contributed by atoms with Gasteiger partial charge in [-0.25, -0.2) is 0 Å². The van der Waals surface area contributed by atoms with Crippen LogP contribution in [0, 0.1) is 11.8 Å². The van der Waals surface area contributed by atoms with Crippen molar-refractivity contribution in [1.82, 2.24) is 5.32 Å². The molecule has 5 heteroatoms. The van der Waals surface area contributed by atoms with Crippen molar-refractivity contribution in [2.45, 2.75) is 52.6 Å². The van der Waals surface area contributed by atoms with Gasteiger partial charge in [0.05, 0.1) is 25.1 Å². The topological polar surface area (TPSA) is 68.9 Å². The van der Waals surface area contributed by atoms with Crippen molar-refractivity contribution in [3.05, 3.63) is 59.7 Å². The predicted molar refractivity (Wildman–Crippen MR) is 128 cm³/mol. The number of hydrogen-bond acceptors (Lipinski definition) is 4. The second-order valence-corrected chi connectivity index (χ2v) is 8.75. The average Bonchev–Trinajstić information content (AvgIpc) is 3.02. The van der Waals surface area contributed by atoms with Crippen molar-refractivity contribution in [2.75, 3.05) is 19.8 Å². The summed E-state index contributed by atoms with van der Waals surface area (Å²) in [6.07, 6.45) is 2.82. The van der Waals surface area contributed by atoms with E-state index in [0.29, 0.717) is 19.1 Å². The Labute approximate surface area is 187 Å². The lowest BCUT2D eigenvalue weighted by molar-refractivity contribution is 0.297. The van der Waals surface area contributed by atoms with E-state index in [0.717, 1.165) is 49.7 Å². The molecule has 0 aliphatic carbocycles. The second kappa shape index (κ2) is 11.8. The highest BCUT2D eigenvalue weighted by atomic mass is 16.5. The monoisotopic (exact) mass is 423 g/mol. The molecule has 0 saturated heterocycles. The first kappa shape index (κ1) is 23.1. The molecular weight excluding hydrogens is 386 g/mol. The van der Waals surface area contributed by atoms with Crippen LogP contribution >= 0.6 is 0 Å². The number of aryl methyl sites for hydroxylation is 1. The Morgan fingerprint density at radius 3 is 2.48 bits per heavy atom. The SMILES string of the molecule is CC(CNCc1ccccc1)C(N)=NC(CCc1ccc2c(c1)OCCCO2)C(C)C. The van der Waals surface area contributed by atoms with Gasteiger partial charge in [0.1, 0.15) is 0 Å². The van der Waals surface area contributed by atoms with Gasteiger partial charge in [0.2, 0.25) is 0 Å². The first-order valence-electron chi connectivity index (χ1n) is 11.5. The third-order valence-electron chi connectivity index (χ3n) is 5.75. The van der Waals surface area contributed by atoms with E-state index in [1.54, 1.807) is 0 Å². The molecule has 31 heavy (non-hydrogen) atoms. The summed E-state index contributed by atoms with van der Waals surface area (Å²) in [6.45, 7) is 9.66. The zero-order valence-electron chi connectivity index (χ0n) is 19.1. The summed E-state index contributed by atoms with van der Waals surface area (Å²) in [5.74, 6) is 3.07. The van der Waals surface area contributed by atoms with Gasteiger partial charge >= 0.3 is 0 Å². The van der Waals surface area contributed by atoms with Gasteiger partial charge in [0, 0.05) is 25.4 Å². The number of hydrogen-bond donors (Lipinski definition) is 2. The zero-order valence-corrected chi connectivity index (χ0v) is 19.1. The minimum Gasteiger partial charge on any atom is -0.490 e. The molecular formula is C26H37N3O2. The first-order valence-corrected chi connectivity index (χ1v) is 11.5. The lowest BCUT2D eigenvalue weighted by Gasteiger charge is -2.20. The largest absolute Gasteiger partial charge is 0.490 e. The van der Waals surface area contributed by atoms with E-state index in [9.17, 15) is 0 Å². The number of rotatable bonds is 10. The summed E-state index contributed by atoms with van der Waals surface area (Å²) >= 11 is 0. The Kier molecular flexibility index (Phi) is 8.77. The lowest BCUT2D eigenvalue weighted by Crippen LogP contribution is -2.33. The fraction of sp³-hybridized carbons (Fsp3) is 0.500. The molecule has 0 spiro atoms. The maximum absolute atomic E-state index is 6.39. The van der Waals surface area contributed by atoms with Crippen LogP contribution < -0.4 is 20.5 Å². The molecule has 2 atom stereocenters. The number of nitrogens with zero attached hydrogens (tertiary/aromatic N) is 1. The van der Waals surface area contributed by atoms with Crippen molar-refractivity contribution >= 4 is 5.84 Å². The van der Waals surface area contributed by atoms with Gasteiger partial charge in [0.15, 0.2) is 11.5 Å². The molecule has 0 saturated carbocycles. The number of ether oxygens (including phenoxy) is 2. The number of aliphatic imine (C=N–C) groups is 1. The van der Waals surface area contributed by atoms with Crippen LogP contribution in [0.25, 0.3) is 0 Å². The summed E-state index contributed by atoms with van der Waals surface area (Å²) in [6, 6.07) is 16.9. The van der Waals surface area contributed by atoms with E-state index in [1.165, 1.54) is 11.1 Å². The standard InChI is InChI=1S/C26H37N3O2/c1-19(2)23(12-10-21-11-13-24-25(16-21)31-15-7-14-30-24)29-26(27)20(3)17-28-18-22-8-5-4-6-9-22/h4-6,8-9,11,13,16,19-20,23,28H,7,10,12,14-15,17-18H2,1-3H3,(H2,27,29). The van der Waals surface area contributed by atoms with Crippen LogP contribution in [0.3, 0.4) is 0 Å². The van der Waals surface area contributed by atoms with Crippen LogP contribution in [-0.4, -0.2) is 31.6 Å². The molecule has 168 valence electrons. The number of fused-ring (bicyclic) bond motifs is 1. The maximum Gasteiger partial charge on any atom is 0.161 e. The molecule has 0 amide bonds. The van der Waals surface area contributed by atoms with Crippen molar-refractivity contribution in [3.63, 3.8) is 0 Å². The van der Waals surface area contributed by atoms with Crippen LogP contribution in [0.15, 0.2) is 53.5 Å². The van der Waals surface area contributed by atoms with Gasteiger partial charge in [-0.1, -0.05) is 57.2 Å². The van der Waals surface area contributed by atoms with E-state index in [4.69, 9.17) is 20.2 Å². The van der Waals surface area contributed by atoms with Gasteiger partial charge in [0.25, 0.3) is 0 Å². The molecule has 1 aliphatic heterocycles. The van der Waals surface area contributed by atoms with Crippen LogP contribution in [0.1, 0.15) is 44.7 Å². The molecule has 5 nitrogen and oxygen atoms in total. The Hall–Kier alpha value is -2.53. The molecule has 3 rings (SSSR count). The Bertz CT molecular complexity index is 836. The molecule has 0 bridgehead atoms. The molecule has 0 fully saturated rings. The fourth-order valence-electron chi connectivity index (χ4n) is 3.68. The highest BCUT2D eigenvalue weighted by Gasteiger charge is 2.17. The summed E-state index contributed by atoms with van der Waals surface area (Å²) in [5.41, 5.74) is 8.92. The van der Waals surface area contributed by atoms with E-state index in [2.05, 4.69) is 62.5 Å². The minimum atomic E-state index is 0.197. The summed E-state index contributed by atoms with van der Waals surface area (Å²) in [4.78, 5) is 4.92. The van der Waals surface area contributed by atoms with E-state index in [-0.39, 0.29) is 12.0 Å². The summed E-state index contributed by atoms with van der Waals surface area (Å²) in [5, 5.41) is 3.49. The first-order chi connectivity index (χ1) is 15.0. The highest BCUT2D eigenvalue weighted by Crippen LogP contribution is 2.31. The van der Waals surface area contributed by atoms with Crippen LogP contribution in [0.2, 0.25) is 0 Å². The van der Waals surface area contributed by atoms with Gasteiger partial charge in [-0.2, -0.15) is 0 Å². The van der Waals surface area contributed by atoms with Gasteiger partial charge in [-0.15, -0.1) is 0 Å². The second-order valence-electron chi connectivity index (χ2n) is 8.75. The highest BCUT2D eigenvalue weighted by molar-refractivity contribution is 5.82. The Balaban J connectivity index is 1.53. The van der Waals surface area contributed by atoms with Gasteiger partial charge in [-0.3, -0.25) is 4.99 Å². The number of nitrogens with one attached hydrogen (secondary N) is 1.